The van der Waals surface area contributed by atoms with Crippen molar-refractivity contribution in [1.29, 1.82) is 0 Å². The van der Waals surface area contributed by atoms with Crippen molar-refractivity contribution in [3.63, 3.8) is 0 Å². The number of nitrogens with one attached hydrogen (secondary N) is 1. The van der Waals surface area contributed by atoms with E-state index in [1.807, 2.05) is 0 Å². The molecule has 9 heteroatoms. The van der Waals surface area contributed by atoms with Gasteiger partial charge in [0.2, 0.25) is 10.0 Å². The Balaban J connectivity index is 2.43. The third kappa shape index (κ3) is 5.32. The van der Waals surface area contributed by atoms with Gasteiger partial charge in [-0.25, -0.2) is 13.1 Å². The van der Waals surface area contributed by atoms with Gasteiger partial charge in [-0.05, 0) is 12.5 Å². The maximum Gasteiger partial charge on any atom is 0.242 e. The van der Waals surface area contributed by atoms with Gasteiger partial charge < -0.3 is 4.74 Å². The molecule has 1 aromatic rings. The number of hydrogen-bond acceptors (Lipinski definition) is 4. The van der Waals surface area contributed by atoms with Crippen LogP contribution in [0.4, 0.5) is 0 Å². The standard InChI is InChI=1S/C9H12BrCl2NO3S2/c10-2-5-16-4-1-3-13-18(14,15)7-6-8(11)17-9(7)12/h6,13H,1-5H2. The van der Waals surface area contributed by atoms with Gasteiger partial charge in [-0.15, -0.1) is 11.3 Å². The van der Waals surface area contributed by atoms with Crippen molar-refractivity contribution >= 4 is 60.5 Å². The van der Waals surface area contributed by atoms with Gasteiger partial charge in [0.05, 0.1) is 10.9 Å². The molecule has 1 N–H and O–H groups in total. The lowest BCUT2D eigenvalue weighted by Gasteiger charge is -2.05. The van der Waals surface area contributed by atoms with Crippen LogP contribution in [0, 0.1) is 0 Å². The second-order valence-corrected chi connectivity index (χ2v) is 8.06. The van der Waals surface area contributed by atoms with Crippen LogP contribution < -0.4 is 4.72 Å². The minimum absolute atomic E-state index is 0.0283. The van der Waals surface area contributed by atoms with Crippen LogP contribution in [-0.4, -0.2) is 33.5 Å². The molecule has 0 aromatic carbocycles. The van der Waals surface area contributed by atoms with E-state index >= 15 is 0 Å². The van der Waals surface area contributed by atoms with Gasteiger partial charge in [-0.1, -0.05) is 39.1 Å². The van der Waals surface area contributed by atoms with E-state index < -0.39 is 10.0 Å². The second kappa shape index (κ2) is 8.04. The molecule has 4 nitrogen and oxygen atoms in total. The SMILES string of the molecule is O=S(=O)(NCCCOCCBr)c1cc(Cl)sc1Cl. The highest BCUT2D eigenvalue weighted by molar-refractivity contribution is 9.09. The highest BCUT2D eigenvalue weighted by Crippen LogP contribution is 2.33. The summed E-state index contributed by atoms with van der Waals surface area (Å²) in [5.41, 5.74) is 0. The molecule has 0 saturated heterocycles. The number of ether oxygens (including phenoxy) is 1. The van der Waals surface area contributed by atoms with Crippen LogP contribution >= 0.6 is 50.5 Å². The number of halogens is 3. The summed E-state index contributed by atoms with van der Waals surface area (Å²) >= 11 is 15.8. The van der Waals surface area contributed by atoms with Crippen LogP contribution in [0.2, 0.25) is 8.67 Å². The van der Waals surface area contributed by atoms with Crippen LogP contribution in [0.5, 0.6) is 0 Å². The van der Waals surface area contributed by atoms with Crippen molar-refractivity contribution in [2.45, 2.75) is 11.3 Å². The number of alkyl halides is 1. The normalized spacial score (nSPS) is 11.9. The van der Waals surface area contributed by atoms with Crippen LogP contribution in [-0.2, 0) is 14.8 Å². The fourth-order valence-electron chi connectivity index (χ4n) is 1.12. The Labute approximate surface area is 129 Å². The van der Waals surface area contributed by atoms with Gasteiger partial charge in [0.1, 0.15) is 9.23 Å². The average molecular weight is 397 g/mol. The summed E-state index contributed by atoms with van der Waals surface area (Å²) < 4.78 is 31.9. The lowest BCUT2D eigenvalue weighted by atomic mass is 10.5. The molecule has 0 aliphatic carbocycles. The minimum atomic E-state index is -3.58. The van der Waals surface area contributed by atoms with Gasteiger partial charge in [-0.2, -0.15) is 0 Å². The number of sulfonamides is 1. The fraction of sp³-hybridized carbons (Fsp3) is 0.556. The van der Waals surface area contributed by atoms with Crippen molar-refractivity contribution in [2.24, 2.45) is 0 Å². The smallest absolute Gasteiger partial charge is 0.242 e. The van der Waals surface area contributed by atoms with Crippen LogP contribution in [0.1, 0.15) is 6.42 Å². The number of thiophene rings is 1. The molecule has 0 unspecified atom stereocenters. The van der Waals surface area contributed by atoms with E-state index in [4.69, 9.17) is 27.9 Å². The molecular weight excluding hydrogens is 385 g/mol. The monoisotopic (exact) mass is 395 g/mol. The molecule has 0 spiro atoms. The summed E-state index contributed by atoms with van der Waals surface area (Å²) in [7, 11) is -3.58. The Morgan fingerprint density at radius 1 is 1.39 bits per heavy atom. The first-order chi connectivity index (χ1) is 8.47. The highest BCUT2D eigenvalue weighted by Gasteiger charge is 2.20. The van der Waals surface area contributed by atoms with Gasteiger partial charge >= 0.3 is 0 Å². The van der Waals surface area contributed by atoms with Crippen molar-refractivity contribution in [3.05, 3.63) is 14.7 Å². The second-order valence-electron chi connectivity index (χ2n) is 3.24. The third-order valence-corrected chi connectivity index (χ3v) is 5.43. The first-order valence-electron chi connectivity index (χ1n) is 5.05. The van der Waals surface area contributed by atoms with E-state index in [1.54, 1.807) is 0 Å². The Bertz CT molecular complexity index is 478. The van der Waals surface area contributed by atoms with E-state index in [9.17, 15) is 8.42 Å². The summed E-state index contributed by atoms with van der Waals surface area (Å²) in [4.78, 5) is 0.0283. The van der Waals surface area contributed by atoms with Crippen LogP contribution in [0.3, 0.4) is 0 Å². The zero-order chi connectivity index (χ0) is 13.6. The molecule has 0 aliphatic rings. The molecule has 0 atom stereocenters. The van der Waals surface area contributed by atoms with Gasteiger partial charge in [0.15, 0.2) is 0 Å². The quantitative estimate of drug-likeness (QED) is 0.542. The Morgan fingerprint density at radius 3 is 2.67 bits per heavy atom. The van der Waals surface area contributed by atoms with E-state index in [2.05, 4.69) is 20.7 Å². The molecule has 0 saturated carbocycles. The molecule has 104 valence electrons. The Hall–Kier alpha value is 0.630. The molecule has 0 amide bonds. The Morgan fingerprint density at radius 2 is 2.11 bits per heavy atom. The van der Waals surface area contributed by atoms with Gasteiger partial charge in [0, 0.05) is 18.5 Å². The number of hydrogen-bond donors (Lipinski definition) is 1. The maximum atomic E-state index is 11.9. The maximum absolute atomic E-state index is 11.9. The van der Waals surface area contributed by atoms with Crippen LogP contribution in [0.15, 0.2) is 11.0 Å². The molecule has 18 heavy (non-hydrogen) atoms. The summed E-state index contributed by atoms with van der Waals surface area (Å²) in [5.74, 6) is 0. The minimum Gasteiger partial charge on any atom is -0.381 e. The van der Waals surface area contributed by atoms with Crippen molar-refractivity contribution in [2.75, 3.05) is 25.1 Å². The number of rotatable bonds is 8. The van der Waals surface area contributed by atoms with Gasteiger partial charge in [-0.3, -0.25) is 0 Å². The first kappa shape index (κ1) is 16.7. The molecule has 0 radical (unpaired) electrons. The van der Waals surface area contributed by atoms with E-state index in [0.717, 1.165) is 16.7 Å². The molecule has 0 bridgehead atoms. The molecule has 1 rings (SSSR count). The van der Waals surface area contributed by atoms with Gasteiger partial charge in [0.25, 0.3) is 0 Å². The van der Waals surface area contributed by atoms with Crippen molar-refractivity contribution in [3.8, 4) is 0 Å². The third-order valence-electron chi connectivity index (χ3n) is 1.89. The lowest BCUT2D eigenvalue weighted by molar-refractivity contribution is 0.149. The summed E-state index contributed by atoms with van der Waals surface area (Å²) in [6.45, 7) is 1.42. The topological polar surface area (TPSA) is 55.4 Å². The molecule has 0 fully saturated rings. The predicted molar refractivity (Wildman–Crippen MR) is 78.8 cm³/mol. The predicted octanol–water partition coefficient (Wildman–Crippen LogP) is 3.13. The highest BCUT2D eigenvalue weighted by atomic mass is 79.9. The first-order valence-corrected chi connectivity index (χ1v) is 9.23. The molecule has 0 aliphatic heterocycles. The Kier molecular flexibility index (Phi) is 7.45. The van der Waals surface area contributed by atoms with Crippen molar-refractivity contribution in [1.82, 2.24) is 4.72 Å². The zero-order valence-electron chi connectivity index (χ0n) is 9.29. The zero-order valence-corrected chi connectivity index (χ0v) is 14.0. The fourth-order valence-corrected chi connectivity index (χ4v) is 4.57. The molecular formula is C9H12BrCl2NO3S2. The summed E-state index contributed by atoms with van der Waals surface area (Å²) in [6, 6.07) is 1.35. The summed E-state index contributed by atoms with van der Waals surface area (Å²) in [6.07, 6.45) is 0.599. The summed E-state index contributed by atoms with van der Waals surface area (Å²) in [5, 5.41) is 0.766. The lowest BCUT2D eigenvalue weighted by Crippen LogP contribution is -2.25. The van der Waals surface area contributed by atoms with E-state index in [1.165, 1.54) is 6.07 Å². The van der Waals surface area contributed by atoms with Crippen molar-refractivity contribution < 1.29 is 13.2 Å². The van der Waals surface area contributed by atoms with E-state index in [0.29, 0.717) is 30.5 Å². The van der Waals surface area contributed by atoms with E-state index in [-0.39, 0.29) is 9.23 Å². The van der Waals surface area contributed by atoms with Crippen LogP contribution in [0.25, 0.3) is 0 Å². The molecule has 1 heterocycles. The largest absolute Gasteiger partial charge is 0.381 e. The average Bonchev–Trinajstić information content (AvgIpc) is 2.63. The molecule has 1 aromatic heterocycles.